The second-order valence-electron chi connectivity index (χ2n) is 8.12. The normalized spacial score (nSPS) is 13.1. The summed E-state index contributed by atoms with van der Waals surface area (Å²) in [4.78, 5) is 29.5. The molecule has 0 aliphatic heterocycles. The number of carbonyl (C=O) groups excluding carboxylic acids is 2. The Labute approximate surface area is 183 Å². The average Bonchev–Trinajstić information content (AvgIpc) is 3.22. The van der Waals surface area contributed by atoms with E-state index in [0.717, 1.165) is 27.5 Å². The summed E-state index contributed by atoms with van der Waals surface area (Å²) < 4.78 is 6.81. The van der Waals surface area contributed by atoms with Crippen molar-refractivity contribution in [3.05, 3.63) is 69.8 Å². The van der Waals surface area contributed by atoms with Crippen molar-refractivity contribution in [3.8, 4) is 5.69 Å². The first-order valence-electron chi connectivity index (χ1n) is 10.4. The number of aromatic amines is 1. The lowest BCUT2D eigenvalue weighted by molar-refractivity contribution is -0.907. The molecule has 0 amide bonds. The predicted molar refractivity (Wildman–Crippen MR) is 119 cm³/mol. The molecule has 1 aromatic carbocycles. The Hall–Kier alpha value is -3.19. The fourth-order valence-electron chi connectivity index (χ4n) is 4.03. The molecular formula is C24H31N4O3+. The lowest BCUT2D eigenvalue weighted by Gasteiger charge is -2.21. The van der Waals surface area contributed by atoms with Crippen LogP contribution in [0.3, 0.4) is 0 Å². The van der Waals surface area contributed by atoms with Crippen LogP contribution >= 0.6 is 0 Å². The van der Waals surface area contributed by atoms with Gasteiger partial charge in [-0.2, -0.15) is 5.10 Å². The Morgan fingerprint density at radius 3 is 2.42 bits per heavy atom. The van der Waals surface area contributed by atoms with Crippen molar-refractivity contribution in [1.82, 2.24) is 14.8 Å². The SMILES string of the molecule is COC(=O)c1c(C)[nH]c(C(=O)[C@H](C)[NH+](C)Cc2c(C)nn(-c3ccccc3)c2C)c1C. The van der Waals surface area contributed by atoms with Gasteiger partial charge in [-0.1, -0.05) is 18.2 Å². The molecule has 0 spiro atoms. The zero-order chi connectivity index (χ0) is 22.9. The summed E-state index contributed by atoms with van der Waals surface area (Å²) in [5, 5.41) is 4.71. The van der Waals surface area contributed by atoms with E-state index < -0.39 is 5.97 Å². The molecule has 0 saturated heterocycles. The van der Waals surface area contributed by atoms with Crippen molar-refractivity contribution < 1.29 is 19.2 Å². The van der Waals surface area contributed by atoms with Crippen molar-refractivity contribution in [2.75, 3.05) is 14.2 Å². The number of benzene rings is 1. The number of methoxy groups -OCH3 is 1. The van der Waals surface area contributed by atoms with E-state index in [1.54, 1.807) is 13.8 Å². The van der Waals surface area contributed by atoms with Crippen LogP contribution in [0.1, 0.15) is 56.0 Å². The molecular weight excluding hydrogens is 392 g/mol. The minimum atomic E-state index is -0.432. The van der Waals surface area contributed by atoms with Crippen LogP contribution in [0.25, 0.3) is 5.69 Å². The molecule has 31 heavy (non-hydrogen) atoms. The highest BCUT2D eigenvalue weighted by Crippen LogP contribution is 2.20. The first-order valence-corrected chi connectivity index (χ1v) is 10.4. The molecule has 2 N–H and O–H groups in total. The molecule has 0 radical (unpaired) electrons. The van der Waals surface area contributed by atoms with E-state index >= 15 is 0 Å². The Kier molecular flexibility index (Phi) is 6.45. The summed E-state index contributed by atoms with van der Waals surface area (Å²) in [6.45, 7) is 10.2. The van der Waals surface area contributed by atoms with E-state index in [2.05, 4.69) is 11.9 Å². The number of hydrogen-bond donors (Lipinski definition) is 2. The number of likely N-dealkylation sites (N-methyl/N-ethyl adjacent to an activating group) is 1. The molecule has 2 aromatic heterocycles. The molecule has 2 heterocycles. The topological polar surface area (TPSA) is 81.4 Å². The van der Waals surface area contributed by atoms with E-state index in [9.17, 15) is 9.59 Å². The zero-order valence-electron chi connectivity index (χ0n) is 19.3. The van der Waals surface area contributed by atoms with E-state index in [0.29, 0.717) is 29.1 Å². The maximum absolute atomic E-state index is 13.2. The number of hydrogen-bond acceptors (Lipinski definition) is 4. The van der Waals surface area contributed by atoms with Gasteiger partial charge in [-0.25, -0.2) is 9.48 Å². The van der Waals surface area contributed by atoms with Crippen LogP contribution in [0, 0.1) is 27.7 Å². The molecule has 3 aromatic rings. The van der Waals surface area contributed by atoms with Crippen LogP contribution in [-0.2, 0) is 11.3 Å². The van der Waals surface area contributed by atoms with Crippen molar-refractivity contribution in [2.45, 2.75) is 47.2 Å². The summed E-state index contributed by atoms with van der Waals surface area (Å²) in [7, 11) is 3.35. The summed E-state index contributed by atoms with van der Waals surface area (Å²) in [5.74, 6) is -0.461. The van der Waals surface area contributed by atoms with E-state index in [-0.39, 0.29) is 11.8 Å². The lowest BCUT2D eigenvalue weighted by Crippen LogP contribution is -3.12. The largest absolute Gasteiger partial charge is 0.465 e. The third-order valence-electron chi connectivity index (χ3n) is 6.10. The van der Waals surface area contributed by atoms with Crippen molar-refractivity contribution in [1.29, 1.82) is 0 Å². The fourth-order valence-corrected chi connectivity index (χ4v) is 4.03. The van der Waals surface area contributed by atoms with Crippen molar-refractivity contribution in [2.24, 2.45) is 0 Å². The predicted octanol–water partition coefficient (Wildman–Crippen LogP) is 2.51. The van der Waals surface area contributed by atoms with Crippen molar-refractivity contribution in [3.63, 3.8) is 0 Å². The number of rotatable bonds is 7. The highest BCUT2D eigenvalue weighted by molar-refractivity contribution is 6.03. The van der Waals surface area contributed by atoms with Crippen LogP contribution < -0.4 is 4.90 Å². The molecule has 0 fully saturated rings. The number of aromatic nitrogens is 3. The Balaban J connectivity index is 1.83. The molecule has 3 rings (SSSR count). The molecule has 7 nitrogen and oxygen atoms in total. The highest BCUT2D eigenvalue weighted by atomic mass is 16.5. The second kappa shape index (κ2) is 8.89. The number of aryl methyl sites for hydroxylation is 2. The van der Waals surface area contributed by atoms with Crippen LogP contribution in [0.2, 0.25) is 0 Å². The number of esters is 1. The number of carbonyl (C=O) groups is 2. The van der Waals surface area contributed by atoms with E-state index in [1.165, 1.54) is 7.11 Å². The smallest absolute Gasteiger partial charge is 0.339 e. The van der Waals surface area contributed by atoms with Crippen LogP contribution in [0.15, 0.2) is 30.3 Å². The molecule has 2 atom stereocenters. The van der Waals surface area contributed by atoms with Gasteiger partial charge in [-0.3, -0.25) is 4.79 Å². The van der Waals surface area contributed by atoms with Gasteiger partial charge in [0.2, 0.25) is 5.78 Å². The minimum absolute atomic E-state index is 0.0287. The lowest BCUT2D eigenvalue weighted by atomic mass is 10.0. The number of nitrogens with one attached hydrogen (secondary N) is 2. The second-order valence-corrected chi connectivity index (χ2v) is 8.12. The van der Waals surface area contributed by atoms with E-state index in [1.807, 2.05) is 55.9 Å². The van der Waals surface area contributed by atoms with Gasteiger partial charge in [0.25, 0.3) is 0 Å². The van der Waals surface area contributed by atoms with Gasteiger partial charge in [0.15, 0.2) is 6.04 Å². The maximum atomic E-state index is 13.2. The third kappa shape index (κ3) is 4.18. The standard InChI is InChI=1S/C24H30N4O3/c1-14-21(24(30)31-7)16(3)25-22(14)23(29)18(5)27(6)13-20-15(2)26-28(17(20)4)19-11-9-8-10-12-19/h8-12,18,25H,13H2,1-7H3/p+1/t18-/m0/s1. The summed E-state index contributed by atoms with van der Waals surface area (Å²) in [6, 6.07) is 9.72. The number of Topliss-reactive ketones (excluding diaryl/α,β-unsaturated/α-hetero) is 1. The van der Waals surface area contributed by atoms with E-state index in [4.69, 9.17) is 9.84 Å². The molecule has 0 saturated carbocycles. The zero-order valence-corrected chi connectivity index (χ0v) is 19.3. The van der Waals surface area contributed by atoms with Gasteiger partial charge >= 0.3 is 5.97 Å². The Morgan fingerprint density at radius 2 is 1.81 bits per heavy atom. The van der Waals surface area contributed by atoms with Gasteiger partial charge in [0.1, 0.15) is 6.54 Å². The number of nitrogens with zero attached hydrogens (tertiary/aromatic N) is 2. The maximum Gasteiger partial charge on any atom is 0.339 e. The summed E-state index contributed by atoms with van der Waals surface area (Å²) in [6.07, 6.45) is 0. The summed E-state index contributed by atoms with van der Waals surface area (Å²) in [5.41, 5.74) is 6.37. The Morgan fingerprint density at radius 1 is 1.16 bits per heavy atom. The van der Waals surface area contributed by atoms with Crippen molar-refractivity contribution >= 4 is 11.8 Å². The van der Waals surface area contributed by atoms with Crippen LogP contribution in [0.5, 0.6) is 0 Å². The quantitative estimate of drug-likeness (QED) is 0.452. The molecule has 164 valence electrons. The fraction of sp³-hybridized carbons (Fsp3) is 0.375. The van der Waals surface area contributed by atoms with Gasteiger partial charge in [-0.05, 0) is 52.3 Å². The number of para-hydroxylation sites is 1. The molecule has 1 unspecified atom stereocenters. The number of quaternary nitrogens is 1. The van der Waals surface area contributed by atoms with Gasteiger partial charge in [-0.15, -0.1) is 0 Å². The Bertz CT molecular complexity index is 1110. The molecule has 7 heteroatoms. The highest BCUT2D eigenvalue weighted by Gasteiger charge is 2.30. The van der Waals surface area contributed by atoms with Gasteiger partial charge in [0, 0.05) is 5.69 Å². The molecule has 0 aliphatic carbocycles. The van der Waals surface area contributed by atoms with Gasteiger partial charge in [0.05, 0.1) is 48.1 Å². The number of H-pyrrole nitrogens is 1. The van der Waals surface area contributed by atoms with Crippen LogP contribution in [0.4, 0.5) is 0 Å². The molecule has 0 bridgehead atoms. The monoisotopic (exact) mass is 423 g/mol. The first kappa shape index (κ1) is 22.5. The van der Waals surface area contributed by atoms with Gasteiger partial charge < -0.3 is 14.6 Å². The summed E-state index contributed by atoms with van der Waals surface area (Å²) >= 11 is 0. The average molecular weight is 424 g/mol. The number of ether oxygens (including phenoxy) is 1. The first-order chi connectivity index (χ1) is 14.7. The van der Waals surface area contributed by atoms with Crippen LogP contribution in [-0.4, -0.2) is 46.7 Å². The molecule has 0 aliphatic rings. The number of ketones is 1. The third-order valence-corrected chi connectivity index (χ3v) is 6.10. The minimum Gasteiger partial charge on any atom is -0.465 e.